The molecule has 0 radical (unpaired) electrons. The van der Waals surface area contributed by atoms with Gasteiger partial charge in [-0.1, -0.05) is 72.3 Å². The van der Waals surface area contributed by atoms with Gasteiger partial charge in [-0.2, -0.15) is 0 Å². The number of benzene rings is 4. The van der Waals surface area contributed by atoms with Gasteiger partial charge in [0.25, 0.3) is 5.91 Å². The average molecular weight is 443 g/mol. The van der Waals surface area contributed by atoms with Crippen LogP contribution in [0.5, 0.6) is 0 Å². The second-order valence-electron chi connectivity index (χ2n) is 8.31. The van der Waals surface area contributed by atoms with E-state index in [1.807, 2.05) is 60.7 Å². The van der Waals surface area contributed by atoms with Gasteiger partial charge in [0.2, 0.25) is 0 Å². The zero-order valence-electron chi connectivity index (χ0n) is 18.4. The van der Waals surface area contributed by atoms with Crippen LogP contribution in [0.4, 0.5) is 0 Å². The number of carbonyl (C=O) groups is 1. The molecule has 4 heteroatoms. The highest BCUT2D eigenvalue weighted by molar-refractivity contribution is 6.30. The number of carbonyl (C=O) groups excluding carboxylic acids is 1. The first kappa shape index (κ1) is 22.1. The molecule has 0 fully saturated rings. The van der Waals surface area contributed by atoms with Crippen LogP contribution in [0.3, 0.4) is 0 Å². The van der Waals surface area contributed by atoms with Crippen molar-refractivity contribution in [3.05, 3.63) is 107 Å². The molecule has 0 heterocycles. The second kappa shape index (κ2) is 9.99. The largest absolute Gasteiger partial charge is 0.345 e. The Morgan fingerprint density at radius 2 is 1.59 bits per heavy atom. The lowest BCUT2D eigenvalue weighted by molar-refractivity contribution is 0.0933. The zero-order chi connectivity index (χ0) is 22.5. The second-order valence-corrected chi connectivity index (χ2v) is 8.75. The summed E-state index contributed by atoms with van der Waals surface area (Å²) in [5.41, 5.74) is 3.79. The maximum absolute atomic E-state index is 13.2. The number of halogens is 1. The molecule has 0 unspecified atom stereocenters. The highest BCUT2D eigenvalue weighted by Gasteiger charge is 2.17. The molecule has 0 aliphatic carbocycles. The fourth-order valence-corrected chi connectivity index (χ4v) is 3.98. The van der Waals surface area contributed by atoms with Gasteiger partial charge >= 0.3 is 0 Å². The number of nitrogens with zero attached hydrogens (tertiary/aromatic N) is 1. The first-order valence-electron chi connectivity index (χ1n) is 10.8. The molecule has 0 saturated carbocycles. The lowest BCUT2D eigenvalue weighted by atomic mass is 9.98. The first-order chi connectivity index (χ1) is 15.5. The van der Waals surface area contributed by atoms with E-state index < -0.39 is 0 Å². The van der Waals surface area contributed by atoms with Gasteiger partial charge in [-0.15, -0.1) is 0 Å². The summed E-state index contributed by atoms with van der Waals surface area (Å²) in [7, 11) is 4.10. The number of hydrogen-bond acceptors (Lipinski definition) is 2. The first-order valence-corrected chi connectivity index (χ1v) is 11.2. The van der Waals surface area contributed by atoms with E-state index in [1.165, 1.54) is 10.8 Å². The predicted octanol–water partition coefficient (Wildman–Crippen LogP) is 6.58. The number of nitrogens with one attached hydrogen (secondary N) is 1. The van der Waals surface area contributed by atoms with Crippen LogP contribution in [0.1, 0.15) is 28.4 Å². The molecule has 0 bridgehead atoms. The lowest BCUT2D eigenvalue weighted by Crippen LogP contribution is -2.31. The Labute approximate surface area is 194 Å². The highest BCUT2D eigenvalue weighted by Crippen LogP contribution is 2.25. The molecule has 162 valence electrons. The highest BCUT2D eigenvalue weighted by atomic mass is 35.5. The number of fused-ring (bicyclic) bond motifs is 1. The fourth-order valence-electron chi connectivity index (χ4n) is 3.86. The predicted molar refractivity (Wildman–Crippen MR) is 134 cm³/mol. The van der Waals surface area contributed by atoms with Gasteiger partial charge in [0.1, 0.15) is 0 Å². The molecule has 0 aliphatic rings. The van der Waals surface area contributed by atoms with E-state index in [0.717, 1.165) is 29.7 Å². The van der Waals surface area contributed by atoms with Crippen molar-refractivity contribution >= 4 is 28.3 Å². The van der Waals surface area contributed by atoms with Crippen LogP contribution in [0.25, 0.3) is 21.9 Å². The molecule has 0 saturated heterocycles. The molecule has 0 spiro atoms. The van der Waals surface area contributed by atoms with Crippen molar-refractivity contribution in [1.29, 1.82) is 0 Å². The molecular weight excluding hydrogens is 416 g/mol. The van der Waals surface area contributed by atoms with E-state index in [0.29, 0.717) is 10.6 Å². The van der Waals surface area contributed by atoms with Crippen LogP contribution >= 0.6 is 11.6 Å². The number of amides is 1. The normalized spacial score (nSPS) is 12.1. The van der Waals surface area contributed by atoms with Gasteiger partial charge in [0.05, 0.1) is 6.04 Å². The summed E-state index contributed by atoms with van der Waals surface area (Å²) in [6.07, 6.45) is 0.827. The minimum atomic E-state index is -0.0753. The minimum Gasteiger partial charge on any atom is -0.345 e. The Kier molecular flexibility index (Phi) is 6.89. The van der Waals surface area contributed by atoms with Crippen LogP contribution in [0.2, 0.25) is 5.02 Å². The van der Waals surface area contributed by atoms with E-state index in [9.17, 15) is 4.79 Å². The summed E-state index contributed by atoms with van der Waals surface area (Å²) in [6, 6.07) is 30.0. The van der Waals surface area contributed by atoms with Crippen molar-refractivity contribution in [2.45, 2.75) is 12.5 Å². The van der Waals surface area contributed by atoms with E-state index in [4.69, 9.17) is 11.6 Å². The van der Waals surface area contributed by atoms with E-state index in [-0.39, 0.29) is 11.9 Å². The quantitative estimate of drug-likeness (QED) is 0.350. The topological polar surface area (TPSA) is 32.3 Å². The standard InChI is InChI=1S/C28H27ClN2O/c1-31(2)17-16-27(24-11-10-20-6-3-4-7-22(20)18-24)30-28(32)25-9-5-8-23(19-25)21-12-14-26(29)15-13-21/h3-15,18-19,27H,16-17H2,1-2H3,(H,30,32)/t27-/m0/s1. The van der Waals surface area contributed by atoms with Crippen molar-refractivity contribution in [1.82, 2.24) is 10.2 Å². The lowest BCUT2D eigenvalue weighted by Gasteiger charge is -2.22. The molecular formula is C28H27ClN2O. The molecule has 1 amide bonds. The van der Waals surface area contributed by atoms with Crippen LogP contribution in [0, 0.1) is 0 Å². The third-order valence-corrected chi connectivity index (χ3v) is 5.90. The number of rotatable bonds is 7. The Morgan fingerprint density at radius 1 is 0.844 bits per heavy atom. The molecule has 1 atom stereocenters. The third-order valence-electron chi connectivity index (χ3n) is 5.65. The Hall–Kier alpha value is -3.14. The van der Waals surface area contributed by atoms with E-state index >= 15 is 0 Å². The fraction of sp³-hybridized carbons (Fsp3) is 0.179. The summed E-state index contributed by atoms with van der Waals surface area (Å²) in [6.45, 7) is 0.878. The minimum absolute atomic E-state index is 0.0715. The molecule has 32 heavy (non-hydrogen) atoms. The van der Waals surface area contributed by atoms with Crippen LogP contribution < -0.4 is 5.32 Å². The van der Waals surface area contributed by atoms with E-state index in [2.05, 4.69) is 54.6 Å². The van der Waals surface area contributed by atoms with Gasteiger partial charge in [-0.3, -0.25) is 4.79 Å². The zero-order valence-corrected chi connectivity index (χ0v) is 19.1. The monoisotopic (exact) mass is 442 g/mol. The summed E-state index contributed by atoms with van der Waals surface area (Å²) in [5.74, 6) is -0.0715. The number of hydrogen-bond donors (Lipinski definition) is 1. The van der Waals surface area contributed by atoms with Gasteiger partial charge in [-0.05, 0) is 84.9 Å². The molecule has 0 aromatic heterocycles. The SMILES string of the molecule is CN(C)CC[C@H](NC(=O)c1cccc(-c2ccc(Cl)cc2)c1)c1ccc2ccccc2c1. The average Bonchev–Trinajstić information content (AvgIpc) is 2.81. The van der Waals surface area contributed by atoms with Crippen molar-refractivity contribution in [2.24, 2.45) is 0 Å². The Balaban J connectivity index is 1.59. The van der Waals surface area contributed by atoms with Gasteiger partial charge in [0, 0.05) is 10.6 Å². The van der Waals surface area contributed by atoms with Crippen LogP contribution in [-0.4, -0.2) is 31.4 Å². The molecule has 1 N–H and O–H groups in total. The summed E-state index contributed by atoms with van der Waals surface area (Å²) < 4.78 is 0. The van der Waals surface area contributed by atoms with Crippen molar-refractivity contribution < 1.29 is 4.79 Å². The van der Waals surface area contributed by atoms with Crippen molar-refractivity contribution in [3.63, 3.8) is 0 Å². The summed E-state index contributed by atoms with van der Waals surface area (Å²) >= 11 is 6.02. The van der Waals surface area contributed by atoms with E-state index in [1.54, 1.807) is 0 Å². The van der Waals surface area contributed by atoms with Crippen molar-refractivity contribution in [2.75, 3.05) is 20.6 Å². The van der Waals surface area contributed by atoms with Gasteiger partial charge in [0.15, 0.2) is 0 Å². The Morgan fingerprint density at radius 3 is 2.34 bits per heavy atom. The molecule has 3 nitrogen and oxygen atoms in total. The third kappa shape index (κ3) is 5.37. The molecule has 4 aromatic carbocycles. The van der Waals surface area contributed by atoms with Crippen molar-refractivity contribution in [3.8, 4) is 11.1 Å². The molecule has 0 aliphatic heterocycles. The van der Waals surface area contributed by atoms with Gasteiger partial charge < -0.3 is 10.2 Å². The molecule has 4 rings (SSSR count). The maximum Gasteiger partial charge on any atom is 0.251 e. The summed E-state index contributed by atoms with van der Waals surface area (Å²) in [4.78, 5) is 15.4. The van der Waals surface area contributed by atoms with Crippen LogP contribution in [0.15, 0.2) is 91.0 Å². The molecule has 4 aromatic rings. The maximum atomic E-state index is 13.2. The smallest absolute Gasteiger partial charge is 0.251 e. The van der Waals surface area contributed by atoms with Gasteiger partial charge in [-0.25, -0.2) is 0 Å². The van der Waals surface area contributed by atoms with Crippen LogP contribution in [-0.2, 0) is 0 Å². The summed E-state index contributed by atoms with van der Waals surface area (Å²) in [5, 5.41) is 6.35. The Bertz CT molecular complexity index is 1220.